The lowest BCUT2D eigenvalue weighted by Gasteiger charge is -2.10. The molecule has 0 radical (unpaired) electrons. The summed E-state index contributed by atoms with van der Waals surface area (Å²) in [6, 6.07) is 3.08. The number of nitrogens with zero attached hydrogens (tertiary/aromatic N) is 2. The second-order valence-corrected chi connectivity index (χ2v) is 2.94. The summed E-state index contributed by atoms with van der Waals surface area (Å²) >= 11 is 0. The molecule has 0 bridgehead atoms. The zero-order valence-corrected chi connectivity index (χ0v) is 7.80. The third-order valence-electron chi connectivity index (χ3n) is 1.70. The van der Waals surface area contributed by atoms with Gasteiger partial charge in [-0.3, -0.25) is 0 Å². The van der Waals surface area contributed by atoms with Crippen LogP contribution in [0.2, 0.25) is 0 Å². The Balaban J connectivity index is 2.68. The third-order valence-corrected chi connectivity index (χ3v) is 1.70. The molecule has 1 rings (SSSR count). The Morgan fingerprint density at radius 3 is 2.86 bits per heavy atom. The van der Waals surface area contributed by atoms with E-state index in [1.807, 2.05) is 6.92 Å². The van der Waals surface area contributed by atoms with E-state index in [1.165, 1.54) is 12.3 Å². The molecule has 0 saturated heterocycles. The van der Waals surface area contributed by atoms with Gasteiger partial charge in [0.05, 0.1) is 5.69 Å². The van der Waals surface area contributed by atoms with Crippen molar-refractivity contribution in [1.82, 2.24) is 4.98 Å². The average molecular weight is 196 g/mol. The van der Waals surface area contributed by atoms with E-state index >= 15 is 0 Å². The molecule has 0 aromatic carbocycles. The number of hydrogen-bond donors (Lipinski definition) is 2. The Labute approximate surface area is 81.3 Å². The van der Waals surface area contributed by atoms with Gasteiger partial charge in [0, 0.05) is 18.7 Å². The molecule has 14 heavy (non-hydrogen) atoms. The van der Waals surface area contributed by atoms with Gasteiger partial charge in [0.15, 0.2) is 6.20 Å². The van der Waals surface area contributed by atoms with Gasteiger partial charge in [-0.1, -0.05) is 0 Å². The first-order valence-corrected chi connectivity index (χ1v) is 4.20. The van der Waals surface area contributed by atoms with Crippen LogP contribution < -0.4 is 11.1 Å². The van der Waals surface area contributed by atoms with Crippen molar-refractivity contribution in [1.29, 1.82) is 0 Å². The Morgan fingerprint density at radius 2 is 2.43 bits per heavy atom. The van der Waals surface area contributed by atoms with E-state index < -0.39 is 4.92 Å². The van der Waals surface area contributed by atoms with Crippen molar-refractivity contribution in [2.75, 3.05) is 11.9 Å². The molecular formula is C8H12N4O2. The lowest BCUT2D eigenvalue weighted by molar-refractivity contribution is -0.389. The number of hydrogen-bond acceptors (Lipinski definition) is 5. The first-order valence-electron chi connectivity index (χ1n) is 4.20. The lowest BCUT2D eigenvalue weighted by Crippen LogP contribution is -2.25. The van der Waals surface area contributed by atoms with Gasteiger partial charge in [-0.25, -0.2) is 0 Å². The van der Waals surface area contributed by atoms with Crippen molar-refractivity contribution in [3.8, 4) is 0 Å². The largest absolute Gasteiger partial charge is 0.378 e. The molecule has 1 heterocycles. The molecule has 1 atom stereocenters. The minimum atomic E-state index is -0.532. The van der Waals surface area contributed by atoms with Gasteiger partial charge in [0.25, 0.3) is 0 Å². The molecule has 0 aliphatic carbocycles. The maximum absolute atomic E-state index is 10.3. The van der Waals surface area contributed by atoms with E-state index in [1.54, 1.807) is 6.07 Å². The minimum Gasteiger partial charge on any atom is -0.378 e. The van der Waals surface area contributed by atoms with Crippen LogP contribution >= 0.6 is 0 Å². The summed E-state index contributed by atoms with van der Waals surface area (Å²) in [6.07, 6.45) is 1.42. The topological polar surface area (TPSA) is 94.1 Å². The van der Waals surface area contributed by atoms with Crippen molar-refractivity contribution in [2.45, 2.75) is 13.0 Å². The Morgan fingerprint density at radius 1 is 1.71 bits per heavy atom. The summed E-state index contributed by atoms with van der Waals surface area (Å²) in [7, 11) is 0. The predicted molar refractivity (Wildman–Crippen MR) is 53.0 cm³/mol. The van der Waals surface area contributed by atoms with Crippen LogP contribution in [0.15, 0.2) is 18.3 Å². The number of nitrogens with two attached hydrogens (primary N) is 1. The van der Waals surface area contributed by atoms with Crippen molar-refractivity contribution < 1.29 is 4.92 Å². The van der Waals surface area contributed by atoms with Gasteiger partial charge >= 0.3 is 5.82 Å². The van der Waals surface area contributed by atoms with Gasteiger partial charge in [-0.2, -0.15) is 0 Å². The SMILES string of the molecule is CC(CN)Nc1ccc([N+](=O)[O-])nc1. The maximum Gasteiger partial charge on any atom is 0.363 e. The van der Waals surface area contributed by atoms with Crippen LogP contribution in [0.25, 0.3) is 0 Å². The highest BCUT2D eigenvalue weighted by molar-refractivity contribution is 5.44. The number of nitro groups is 1. The first kappa shape index (κ1) is 10.4. The summed E-state index contributed by atoms with van der Waals surface area (Å²) in [4.78, 5) is 13.4. The number of rotatable bonds is 4. The molecule has 6 nitrogen and oxygen atoms in total. The molecule has 3 N–H and O–H groups in total. The summed E-state index contributed by atoms with van der Waals surface area (Å²) in [5.74, 6) is -0.157. The van der Waals surface area contributed by atoms with Crippen molar-refractivity contribution in [3.63, 3.8) is 0 Å². The number of nitrogens with one attached hydrogen (secondary N) is 1. The van der Waals surface area contributed by atoms with Gasteiger partial charge < -0.3 is 21.2 Å². The molecule has 0 fully saturated rings. The highest BCUT2D eigenvalue weighted by Gasteiger charge is 2.06. The molecule has 6 heteroatoms. The monoisotopic (exact) mass is 196 g/mol. The average Bonchev–Trinajstić information content (AvgIpc) is 2.18. The van der Waals surface area contributed by atoms with E-state index in [9.17, 15) is 10.1 Å². The third kappa shape index (κ3) is 2.67. The zero-order valence-electron chi connectivity index (χ0n) is 7.80. The van der Waals surface area contributed by atoms with Crippen LogP contribution in [0.4, 0.5) is 11.5 Å². The number of pyridine rings is 1. The Hall–Kier alpha value is -1.69. The summed E-state index contributed by atoms with van der Waals surface area (Å²) in [5, 5.41) is 13.3. The molecule has 0 amide bonds. The van der Waals surface area contributed by atoms with Crippen molar-refractivity contribution in [2.24, 2.45) is 5.73 Å². The van der Waals surface area contributed by atoms with Gasteiger partial charge in [0.2, 0.25) is 0 Å². The standard InChI is InChI=1S/C8H12N4O2/c1-6(4-9)11-7-2-3-8(10-5-7)12(13)14/h2-3,5-6,11H,4,9H2,1H3. The van der Waals surface area contributed by atoms with Crippen LogP contribution in [-0.4, -0.2) is 22.5 Å². The van der Waals surface area contributed by atoms with E-state index in [0.29, 0.717) is 6.54 Å². The van der Waals surface area contributed by atoms with Crippen molar-refractivity contribution >= 4 is 11.5 Å². The Kier molecular flexibility index (Phi) is 3.35. The molecule has 0 saturated carbocycles. The zero-order chi connectivity index (χ0) is 10.6. The molecule has 76 valence electrons. The Bertz CT molecular complexity index is 312. The van der Waals surface area contributed by atoms with Gasteiger partial charge in [0.1, 0.15) is 0 Å². The number of anilines is 1. The normalized spacial score (nSPS) is 12.1. The van der Waals surface area contributed by atoms with Crippen molar-refractivity contribution in [3.05, 3.63) is 28.4 Å². The van der Waals surface area contributed by atoms with Gasteiger partial charge in [-0.05, 0) is 22.9 Å². The minimum absolute atomic E-state index is 0.123. The highest BCUT2D eigenvalue weighted by atomic mass is 16.6. The van der Waals surface area contributed by atoms with Crippen LogP contribution in [0.5, 0.6) is 0 Å². The fourth-order valence-electron chi connectivity index (χ4n) is 0.923. The first-order chi connectivity index (χ1) is 6.63. The van der Waals surface area contributed by atoms with Gasteiger partial charge in [-0.15, -0.1) is 0 Å². The van der Waals surface area contributed by atoms with Crippen LogP contribution in [-0.2, 0) is 0 Å². The summed E-state index contributed by atoms with van der Waals surface area (Å²) in [6.45, 7) is 2.42. The maximum atomic E-state index is 10.3. The van der Waals surface area contributed by atoms with Crippen LogP contribution in [0.1, 0.15) is 6.92 Å². The second kappa shape index (κ2) is 4.52. The molecule has 0 aliphatic heterocycles. The summed E-state index contributed by atoms with van der Waals surface area (Å²) < 4.78 is 0. The molecular weight excluding hydrogens is 184 g/mol. The molecule has 1 aromatic rings. The predicted octanol–water partition coefficient (Wildman–Crippen LogP) is 0.749. The fourth-order valence-corrected chi connectivity index (χ4v) is 0.923. The number of aromatic nitrogens is 1. The van der Waals surface area contributed by atoms with E-state index in [2.05, 4.69) is 10.3 Å². The summed E-state index contributed by atoms with van der Waals surface area (Å²) in [5.41, 5.74) is 6.14. The second-order valence-electron chi connectivity index (χ2n) is 2.94. The molecule has 0 aliphatic rings. The van der Waals surface area contributed by atoms with Crippen LogP contribution in [0.3, 0.4) is 0 Å². The molecule has 1 aromatic heterocycles. The highest BCUT2D eigenvalue weighted by Crippen LogP contribution is 2.11. The lowest BCUT2D eigenvalue weighted by atomic mass is 10.3. The van der Waals surface area contributed by atoms with Crippen LogP contribution in [0, 0.1) is 10.1 Å². The fraction of sp³-hybridized carbons (Fsp3) is 0.375. The van der Waals surface area contributed by atoms with E-state index in [4.69, 9.17) is 5.73 Å². The van der Waals surface area contributed by atoms with E-state index in [-0.39, 0.29) is 11.9 Å². The molecule has 0 spiro atoms. The smallest absolute Gasteiger partial charge is 0.363 e. The molecule has 1 unspecified atom stereocenters. The van der Waals surface area contributed by atoms with E-state index in [0.717, 1.165) is 5.69 Å². The quantitative estimate of drug-likeness (QED) is 0.547.